The molecule has 3 rings (SSSR count). The Morgan fingerprint density at radius 1 is 1.27 bits per heavy atom. The van der Waals surface area contributed by atoms with Gasteiger partial charge >= 0.3 is 7.12 Å². The third-order valence-corrected chi connectivity index (χ3v) is 2.58. The summed E-state index contributed by atoms with van der Waals surface area (Å²) in [6.07, 6.45) is 1.84. The van der Waals surface area contributed by atoms with Gasteiger partial charge in [0.2, 0.25) is 0 Å². The first-order valence-electron chi connectivity index (χ1n) is 4.88. The summed E-state index contributed by atoms with van der Waals surface area (Å²) in [6, 6.07) is 5.49. The van der Waals surface area contributed by atoms with Gasteiger partial charge in [0.05, 0.1) is 13.2 Å². The largest absolute Gasteiger partial charge is 0.508 e. The molecule has 2 aromatic rings. The van der Waals surface area contributed by atoms with Crippen molar-refractivity contribution in [2.75, 3.05) is 13.2 Å². The van der Waals surface area contributed by atoms with E-state index in [0.717, 1.165) is 10.9 Å². The van der Waals surface area contributed by atoms with E-state index in [0.29, 0.717) is 18.7 Å². The van der Waals surface area contributed by atoms with E-state index in [9.17, 15) is 5.11 Å². The second kappa shape index (κ2) is 3.29. The van der Waals surface area contributed by atoms with E-state index in [4.69, 9.17) is 9.31 Å². The Bertz CT molecular complexity index is 490. The molecule has 15 heavy (non-hydrogen) atoms. The highest BCUT2D eigenvalue weighted by atomic mass is 16.6. The topological polar surface area (TPSA) is 54.5 Å². The fourth-order valence-electron chi connectivity index (χ4n) is 1.83. The van der Waals surface area contributed by atoms with Crippen LogP contribution in [0.3, 0.4) is 0 Å². The lowest BCUT2D eigenvalue weighted by Gasteiger charge is -2.06. The highest BCUT2D eigenvalue weighted by Gasteiger charge is 2.29. The average Bonchev–Trinajstić information content (AvgIpc) is 2.85. The predicted octanol–water partition coefficient (Wildman–Crippen LogP) is 0.615. The maximum atomic E-state index is 9.81. The molecule has 0 bridgehead atoms. The number of hydrogen-bond acceptors (Lipinski definition) is 3. The van der Waals surface area contributed by atoms with E-state index in [1.165, 1.54) is 0 Å². The van der Waals surface area contributed by atoms with Crippen LogP contribution >= 0.6 is 0 Å². The number of nitrogens with one attached hydrogen (secondary N) is 1. The lowest BCUT2D eigenvalue weighted by Crippen LogP contribution is -2.31. The summed E-state index contributed by atoms with van der Waals surface area (Å²) < 4.78 is 10.7. The predicted molar refractivity (Wildman–Crippen MR) is 57.3 cm³/mol. The van der Waals surface area contributed by atoms with Gasteiger partial charge in [-0.1, -0.05) is 0 Å². The number of H-pyrrole nitrogens is 1. The Morgan fingerprint density at radius 3 is 2.87 bits per heavy atom. The van der Waals surface area contributed by atoms with Crippen LogP contribution in [0.1, 0.15) is 0 Å². The van der Waals surface area contributed by atoms with Crippen molar-refractivity contribution in [2.24, 2.45) is 0 Å². The van der Waals surface area contributed by atoms with Crippen molar-refractivity contribution in [2.45, 2.75) is 0 Å². The van der Waals surface area contributed by atoms with E-state index in [1.54, 1.807) is 6.07 Å². The van der Waals surface area contributed by atoms with Crippen molar-refractivity contribution in [1.29, 1.82) is 0 Å². The number of aromatic nitrogens is 1. The summed E-state index contributed by atoms with van der Waals surface area (Å²) in [5, 5.41) is 10.8. The Hall–Kier alpha value is -1.46. The number of aromatic hydroxyl groups is 1. The van der Waals surface area contributed by atoms with Crippen LogP contribution in [0.15, 0.2) is 24.4 Å². The van der Waals surface area contributed by atoms with Crippen molar-refractivity contribution in [3.8, 4) is 5.75 Å². The molecule has 0 aliphatic carbocycles. The molecule has 1 aromatic carbocycles. The number of fused-ring (bicyclic) bond motifs is 1. The summed E-state index contributed by atoms with van der Waals surface area (Å²) in [7, 11) is -0.433. The molecular weight excluding hydrogens is 193 g/mol. The zero-order valence-electron chi connectivity index (χ0n) is 8.06. The maximum Gasteiger partial charge on any atom is 0.497 e. The second-order valence-corrected chi connectivity index (χ2v) is 3.55. The van der Waals surface area contributed by atoms with Crippen LogP contribution in [0, 0.1) is 0 Å². The quantitative estimate of drug-likeness (QED) is 0.667. The third kappa shape index (κ3) is 1.40. The zero-order chi connectivity index (χ0) is 10.3. The number of phenols is 1. The molecule has 2 N–H and O–H groups in total. The lowest BCUT2D eigenvalue weighted by molar-refractivity contribution is 0.365. The molecule has 0 saturated carbocycles. The van der Waals surface area contributed by atoms with Gasteiger partial charge in [-0.15, -0.1) is 0 Å². The standard InChI is InChI=1S/C10H10BNO3/c13-10-5-7-1-2-12-9(7)6-8(10)11-14-3-4-15-11/h1-2,5-6,12-13H,3-4H2. The normalized spacial score (nSPS) is 16.4. The molecular formula is C10H10BNO3. The summed E-state index contributed by atoms with van der Waals surface area (Å²) in [5.74, 6) is 0.217. The molecule has 1 fully saturated rings. The second-order valence-electron chi connectivity index (χ2n) is 3.55. The molecule has 1 aromatic heterocycles. The van der Waals surface area contributed by atoms with Crippen LogP contribution in [0.4, 0.5) is 0 Å². The van der Waals surface area contributed by atoms with Gasteiger partial charge in [0, 0.05) is 22.6 Å². The van der Waals surface area contributed by atoms with Crippen LogP contribution in [0.25, 0.3) is 10.9 Å². The van der Waals surface area contributed by atoms with Gasteiger partial charge in [-0.25, -0.2) is 0 Å². The molecule has 0 spiro atoms. The molecule has 1 aliphatic heterocycles. The molecule has 0 atom stereocenters. The third-order valence-electron chi connectivity index (χ3n) is 2.58. The van der Waals surface area contributed by atoms with Crippen molar-refractivity contribution < 1.29 is 14.4 Å². The van der Waals surface area contributed by atoms with E-state index in [2.05, 4.69) is 4.98 Å². The fraction of sp³-hybridized carbons (Fsp3) is 0.200. The minimum atomic E-state index is -0.433. The summed E-state index contributed by atoms with van der Waals surface area (Å²) in [6.45, 7) is 1.15. The Kier molecular flexibility index (Phi) is 1.93. The Labute approximate surface area is 87.0 Å². The summed E-state index contributed by atoms with van der Waals surface area (Å²) in [4.78, 5) is 3.09. The van der Waals surface area contributed by atoms with Crippen molar-refractivity contribution >= 4 is 23.5 Å². The summed E-state index contributed by atoms with van der Waals surface area (Å²) >= 11 is 0. The molecule has 76 valence electrons. The van der Waals surface area contributed by atoms with E-state index >= 15 is 0 Å². The number of phenolic OH excluding ortho intramolecular Hbond substituents is 1. The van der Waals surface area contributed by atoms with E-state index < -0.39 is 7.12 Å². The smallest absolute Gasteiger partial charge is 0.497 e. The van der Waals surface area contributed by atoms with E-state index in [1.807, 2.05) is 18.3 Å². The van der Waals surface area contributed by atoms with Gasteiger partial charge in [-0.05, 0) is 18.2 Å². The van der Waals surface area contributed by atoms with Crippen molar-refractivity contribution in [3.63, 3.8) is 0 Å². The first-order valence-corrected chi connectivity index (χ1v) is 4.88. The first-order chi connectivity index (χ1) is 7.34. The minimum absolute atomic E-state index is 0.217. The Balaban J connectivity index is 2.11. The molecule has 1 aliphatic rings. The SMILES string of the molecule is Oc1cc2cc[nH]c2cc1B1OCCO1. The van der Waals surface area contributed by atoms with Gasteiger partial charge in [0.25, 0.3) is 0 Å². The average molecular weight is 203 g/mol. The number of rotatable bonds is 1. The molecule has 1 saturated heterocycles. The number of hydrogen-bond donors (Lipinski definition) is 2. The van der Waals surface area contributed by atoms with Gasteiger partial charge in [-0.3, -0.25) is 0 Å². The Morgan fingerprint density at radius 2 is 2.07 bits per heavy atom. The zero-order valence-corrected chi connectivity index (χ0v) is 8.06. The molecule has 0 radical (unpaired) electrons. The number of aromatic amines is 1. The van der Waals surface area contributed by atoms with Crippen LogP contribution < -0.4 is 5.46 Å². The van der Waals surface area contributed by atoms with E-state index in [-0.39, 0.29) is 5.75 Å². The molecule has 2 heterocycles. The highest BCUT2D eigenvalue weighted by Crippen LogP contribution is 2.18. The van der Waals surface area contributed by atoms with Crippen LogP contribution in [0.5, 0.6) is 5.75 Å². The maximum absolute atomic E-state index is 9.81. The number of benzene rings is 1. The lowest BCUT2D eigenvalue weighted by atomic mass is 9.78. The fourth-order valence-corrected chi connectivity index (χ4v) is 1.83. The molecule has 5 heteroatoms. The minimum Gasteiger partial charge on any atom is -0.508 e. The van der Waals surface area contributed by atoms with Crippen LogP contribution in [-0.2, 0) is 9.31 Å². The molecule has 0 amide bonds. The highest BCUT2D eigenvalue weighted by molar-refractivity contribution is 6.63. The summed E-state index contributed by atoms with van der Waals surface area (Å²) in [5.41, 5.74) is 1.66. The van der Waals surface area contributed by atoms with Gasteiger partial charge < -0.3 is 19.4 Å². The first kappa shape index (κ1) is 8.82. The van der Waals surface area contributed by atoms with Gasteiger partial charge in [-0.2, -0.15) is 0 Å². The van der Waals surface area contributed by atoms with Crippen LogP contribution in [-0.4, -0.2) is 30.4 Å². The molecule has 0 unspecified atom stereocenters. The van der Waals surface area contributed by atoms with Crippen LogP contribution in [0.2, 0.25) is 0 Å². The molecule has 4 nitrogen and oxygen atoms in total. The van der Waals surface area contributed by atoms with Crippen molar-refractivity contribution in [1.82, 2.24) is 4.98 Å². The van der Waals surface area contributed by atoms with Crippen molar-refractivity contribution in [3.05, 3.63) is 24.4 Å². The van der Waals surface area contributed by atoms with Gasteiger partial charge in [0.15, 0.2) is 0 Å². The monoisotopic (exact) mass is 203 g/mol. The van der Waals surface area contributed by atoms with Gasteiger partial charge in [0.1, 0.15) is 5.75 Å².